The van der Waals surface area contributed by atoms with Crippen LogP contribution >= 0.6 is 0 Å². The fraction of sp³-hybridized carbons (Fsp3) is 0.125. The third-order valence-corrected chi connectivity index (χ3v) is 3.79. The second-order valence-corrected chi connectivity index (χ2v) is 5.56. The average Bonchev–Trinajstić information content (AvgIpc) is 2.61. The van der Waals surface area contributed by atoms with Gasteiger partial charge in [0.05, 0.1) is 22.5 Å². The Labute approximate surface area is 148 Å². The summed E-state index contributed by atoms with van der Waals surface area (Å²) in [5, 5.41) is 11.1. The largest absolute Gasteiger partial charge is 0.423 e. The third-order valence-electron chi connectivity index (χ3n) is 3.79. The second kappa shape index (κ2) is 6.59. The molecule has 2 aromatic carbocycles. The topological polar surface area (TPSA) is 110 Å². The van der Waals surface area contributed by atoms with Crippen LogP contribution in [-0.2, 0) is 12.7 Å². The fourth-order valence-electron chi connectivity index (χ4n) is 2.55. The number of nitro groups is 1. The first-order valence-corrected chi connectivity index (χ1v) is 7.51. The Hall–Kier alpha value is -3.63. The lowest BCUT2D eigenvalue weighted by molar-refractivity contribution is -0.387. The minimum Gasteiger partial charge on any atom is -0.318 e. The molecular weight excluding hydrogens is 369 g/mol. The molecule has 1 aromatic heterocycles. The number of fused-ring (bicyclic) bond motifs is 1. The number of aromatic amines is 1. The highest BCUT2D eigenvalue weighted by Gasteiger charge is 2.39. The first-order chi connectivity index (χ1) is 12.7. The van der Waals surface area contributed by atoms with Gasteiger partial charge in [-0.15, -0.1) is 0 Å². The van der Waals surface area contributed by atoms with Gasteiger partial charge in [-0.2, -0.15) is 13.2 Å². The van der Waals surface area contributed by atoms with Crippen LogP contribution < -0.4 is 16.5 Å². The maximum absolute atomic E-state index is 13.1. The van der Waals surface area contributed by atoms with Gasteiger partial charge in [0.1, 0.15) is 5.56 Å². The van der Waals surface area contributed by atoms with Crippen molar-refractivity contribution in [2.24, 2.45) is 0 Å². The first kappa shape index (κ1) is 18.2. The molecule has 0 aliphatic heterocycles. The number of nitrogens with one attached hydrogen (secondary N) is 2. The average molecular weight is 380 g/mol. The molecule has 2 N–H and O–H groups in total. The molecule has 27 heavy (non-hydrogen) atoms. The van der Waals surface area contributed by atoms with E-state index in [-0.39, 0.29) is 17.6 Å². The SMILES string of the molecule is O=c1[nH]c2cc(C(F)(F)F)c([N+](=O)[O-])cc2n(NCc2ccccc2)c1=O. The standard InChI is InChI=1S/C16H11F3N4O4/c17-16(18,19)10-6-11-13(7-12(10)23(26)27)22(15(25)14(24)21-11)20-8-9-4-2-1-3-5-9/h1-7,20H,8H2,(H,21,24). The third kappa shape index (κ3) is 3.52. The van der Waals surface area contributed by atoms with Gasteiger partial charge in [-0.3, -0.25) is 19.7 Å². The molecule has 3 aromatic rings. The van der Waals surface area contributed by atoms with E-state index >= 15 is 0 Å². The lowest BCUT2D eigenvalue weighted by Gasteiger charge is -2.14. The lowest BCUT2D eigenvalue weighted by atomic mass is 10.1. The van der Waals surface area contributed by atoms with E-state index in [1.165, 1.54) is 0 Å². The summed E-state index contributed by atoms with van der Waals surface area (Å²) in [6.07, 6.45) is -5.01. The summed E-state index contributed by atoms with van der Waals surface area (Å²) in [5.74, 6) is 0. The number of hydrogen-bond acceptors (Lipinski definition) is 5. The van der Waals surface area contributed by atoms with E-state index < -0.39 is 33.5 Å². The van der Waals surface area contributed by atoms with E-state index in [1.54, 1.807) is 30.3 Å². The van der Waals surface area contributed by atoms with Crippen LogP contribution in [0.4, 0.5) is 18.9 Å². The van der Waals surface area contributed by atoms with Gasteiger partial charge in [0.15, 0.2) is 0 Å². The number of alkyl halides is 3. The predicted octanol–water partition coefficient (Wildman–Crippen LogP) is 2.36. The van der Waals surface area contributed by atoms with E-state index in [4.69, 9.17) is 0 Å². The maximum Gasteiger partial charge on any atom is 0.423 e. The maximum atomic E-state index is 13.1. The number of H-pyrrole nitrogens is 1. The molecule has 0 aliphatic carbocycles. The summed E-state index contributed by atoms with van der Waals surface area (Å²) >= 11 is 0. The van der Waals surface area contributed by atoms with Crippen molar-refractivity contribution in [1.29, 1.82) is 0 Å². The summed E-state index contributed by atoms with van der Waals surface area (Å²) < 4.78 is 40.0. The van der Waals surface area contributed by atoms with E-state index in [2.05, 4.69) is 5.43 Å². The molecule has 1 heterocycles. The zero-order chi connectivity index (χ0) is 19.8. The van der Waals surface area contributed by atoms with E-state index in [1.807, 2.05) is 4.98 Å². The molecule has 0 bridgehead atoms. The van der Waals surface area contributed by atoms with Gasteiger partial charge >= 0.3 is 17.3 Å². The monoisotopic (exact) mass is 380 g/mol. The molecule has 3 rings (SSSR count). The minimum atomic E-state index is -5.01. The summed E-state index contributed by atoms with van der Waals surface area (Å²) in [5.41, 5.74) is -2.29. The van der Waals surface area contributed by atoms with Crippen LogP contribution in [0.25, 0.3) is 11.0 Å². The molecular formula is C16H11F3N4O4. The van der Waals surface area contributed by atoms with Crippen LogP contribution in [0.5, 0.6) is 0 Å². The van der Waals surface area contributed by atoms with Crippen molar-refractivity contribution in [2.45, 2.75) is 12.7 Å². The van der Waals surface area contributed by atoms with E-state index in [0.29, 0.717) is 16.8 Å². The van der Waals surface area contributed by atoms with Crippen LogP contribution in [0.2, 0.25) is 0 Å². The van der Waals surface area contributed by atoms with Crippen molar-refractivity contribution in [3.8, 4) is 0 Å². The lowest BCUT2D eigenvalue weighted by Crippen LogP contribution is -2.40. The molecule has 0 saturated carbocycles. The Bertz CT molecular complexity index is 1140. The van der Waals surface area contributed by atoms with Crippen LogP contribution in [0.15, 0.2) is 52.1 Å². The Kier molecular flexibility index (Phi) is 4.44. The number of rotatable bonds is 4. The highest BCUT2D eigenvalue weighted by atomic mass is 19.4. The molecule has 11 heteroatoms. The number of nitrogens with zero attached hydrogens (tertiary/aromatic N) is 2. The molecule has 0 fully saturated rings. The van der Waals surface area contributed by atoms with Crippen LogP contribution in [0, 0.1) is 10.1 Å². The molecule has 0 aliphatic rings. The van der Waals surface area contributed by atoms with Crippen molar-refractivity contribution in [1.82, 2.24) is 9.66 Å². The van der Waals surface area contributed by atoms with Gasteiger partial charge in [-0.1, -0.05) is 30.3 Å². The summed E-state index contributed by atoms with van der Waals surface area (Å²) in [4.78, 5) is 35.8. The Balaban J connectivity index is 2.22. The van der Waals surface area contributed by atoms with E-state index in [0.717, 1.165) is 5.56 Å². The highest BCUT2D eigenvalue weighted by Crippen LogP contribution is 2.37. The summed E-state index contributed by atoms with van der Waals surface area (Å²) in [7, 11) is 0. The molecule has 8 nitrogen and oxygen atoms in total. The van der Waals surface area contributed by atoms with Crippen LogP contribution in [-0.4, -0.2) is 14.6 Å². The molecule has 140 valence electrons. The van der Waals surface area contributed by atoms with Crippen LogP contribution in [0.3, 0.4) is 0 Å². The van der Waals surface area contributed by atoms with Gasteiger partial charge in [-0.25, -0.2) is 4.68 Å². The predicted molar refractivity (Wildman–Crippen MR) is 90.0 cm³/mol. The first-order valence-electron chi connectivity index (χ1n) is 7.51. The fourth-order valence-corrected chi connectivity index (χ4v) is 2.55. The summed E-state index contributed by atoms with van der Waals surface area (Å²) in [6, 6.07) is 9.71. The Morgan fingerprint density at radius 2 is 1.81 bits per heavy atom. The van der Waals surface area contributed by atoms with Crippen molar-refractivity contribution in [3.63, 3.8) is 0 Å². The van der Waals surface area contributed by atoms with Gasteiger partial charge in [0.25, 0.3) is 5.69 Å². The highest BCUT2D eigenvalue weighted by molar-refractivity contribution is 5.79. The Morgan fingerprint density at radius 3 is 2.41 bits per heavy atom. The smallest absolute Gasteiger partial charge is 0.318 e. The van der Waals surface area contributed by atoms with Crippen molar-refractivity contribution in [2.75, 3.05) is 5.43 Å². The van der Waals surface area contributed by atoms with Gasteiger partial charge in [-0.05, 0) is 11.6 Å². The quantitative estimate of drug-likeness (QED) is 0.410. The molecule has 0 amide bonds. The zero-order valence-corrected chi connectivity index (χ0v) is 13.4. The Morgan fingerprint density at radius 1 is 1.15 bits per heavy atom. The van der Waals surface area contributed by atoms with Crippen molar-refractivity contribution >= 4 is 16.7 Å². The molecule has 0 spiro atoms. The molecule has 0 unspecified atom stereocenters. The number of halogens is 3. The van der Waals surface area contributed by atoms with Crippen molar-refractivity contribution in [3.05, 3.63) is 84.4 Å². The second-order valence-electron chi connectivity index (χ2n) is 5.56. The van der Waals surface area contributed by atoms with Gasteiger partial charge in [0.2, 0.25) is 0 Å². The number of benzene rings is 2. The molecule has 0 radical (unpaired) electrons. The van der Waals surface area contributed by atoms with E-state index in [9.17, 15) is 32.9 Å². The molecule has 0 saturated heterocycles. The number of aromatic nitrogens is 2. The number of nitro benzene ring substituents is 1. The van der Waals surface area contributed by atoms with Crippen LogP contribution in [0.1, 0.15) is 11.1 Å². The molecule has 0 atom stereocenters. The minimum absolute atomic E-state index is 0.0636. The summed E-state index contributed by atoms with van der Waals surface area (Å²) in [6.45, 7) is 0.0636. The normalized spacial score (nSPS) is 11.5. The van der Waals surface area contributed by atoms with Gasteiger partial charge in [0, 0.05) is 6.07 Å². The van der Waals surface area contributed by atoms with Gasteiger partial charge < -0.3 is 10.4 Å². The zero-order valence-electron chi connectivity index (χ0n) is 13.4. The number of hydrogen-bond donors (Lipinski definition) is 2. The van der Waals surface area contributed by atoms with Crippen molar-refractivity contribution < 1.29 is 18.1 Å².